The second-order valence-electron chi connectivity index (χ2n) is 12.8. The van der Waals surface area contributed by atoms with E-state index in [1.807, 2.05) is 12.3 Å². The van der Waals surface area contributed by atoms with Gasteiger partial charge in [-0.1, -0.05) is 103 Å². The third-order valence-corrected chi connectivity index (χ3v) is 9.80. The van der Waals surface area contributed by atoms with Gasteiger partial charge < -0.3 is 4.98 Å². The lowest BCUT2D eigenvalue weighted by Crippen LogP contribution is -1.97. The van der Waals surface area contributed by atoms with Crippen LogP contribution in [0.25, 0.3) is 83.6 Å². The van der Waals surface area contributed by atoms with Crippen LogP contribution in [0.15, 0.2) is 164 Å². The van der Waals surface area contributed by atoms with Gasteiger partial charge in [0.05, 0.1) is 22.2 Å². The molecule has 238 valence electrons. The highest BCUT2D eigenvalue weighted by molar-refractivity contribution is 6.01. The third kappa shape index (κ3) is 5.10. The number of hydrogen-bond donors (Lipinski definition) is 1. The summed E-state index contributed by atoms with van der Waals surface area (Å²) >= 11 is 0. The molecule has 0 saturated heterocycles. The number of aromatic amines is 1. The Morgan fingerprint density at radius 1 is 0.520 bits per heavy atom. The fourth-order valence-electron chi connectivity index (χ4n) is 7.15. The molecule has 0 spiro atoms. The van der Waals surface area contributed by atoms with E-state index < -0.39 is 0 Å². The van der Waals surface area contributed by atoms with Gasteiger partial charge in [0.15, 0.2) is 0 Å². The van der Waals surface area contributed by atoms with Crippen molar-refractivity contribution in [3.8, 4) is 61.7 Å². The summed E-state index contributed by atoms with van der Waals surface area (Å²) in [6.45, 7) is 4.32. The molecular formula is C46H34N4. The maximum Gasteiger partial charge on any atom is 0.147 e. The normalized spacial score (nSPS) is 11.4. The average Bonchev–Trinajstić information content (AvgIpc) is 3.72. The van der Waals surface area contributed by atoms with Gasteiger partial charge in [0.1, 0.15) is 5.82 Å². The van der Waals surface area contributed by atoms with E-state index in [9.17, 15) is 0 Å². The molecule has 0 saturated carbocycles. The molecule has 6 aromatic carbocycles. The number of nitrogens with one attached hydrogen (secondary N) is 1. The van der Waals surface area contributed by atoms with E-state index in [0.717, 1.165) is 72.7 Å². The molecular weight excluding hydrogens is 609 g/mol. The van der Waals surface area contributed by atoms with E-state index >= 15 is 0 Å². The number of aryl methyl sites for hydroxylation is 2. The molecule has 3 heterocycles. The zero-order chi connectivity index (χ0) is 33.6. The number of para-hydroxylation sites is 3. The molecule has 0 unspecified atom stereocenters. The molecule has 0 aliphatic rings. The number of hydrogen-bond acceptors (Lipinski definition) is 2. The molecule has 9 aromatic rings. The highest BCUT2D eigenvalue weighted by Gasteiger charge is 2.21. The first-order valence-corrected chi connectivity index (χ1v) is 17.0. The van der Waals surface area contributed by atoms with Crippen molar-refractivity contribution in [2.24, 2.45) is 0 Å². The third-order valence-electron chi connectivity index (χ3n) is 9.80. The fraction of sp³-hybridized carbons (Fsp3) is 0.0435. The largest absolute Gasteiger partial charge is 0.358 e. The van der Waals surface area contributed by atoms with Gasteiger partial charge in [-0.25, -0.2) is 4.98 Å². The van der Waals surface area contributed by atoms with Gasteiger partial charge in [-0.2, -0.15) is 0 Å². The van der Waals surface area contributed by atoms with Crippen molar-refractivity contribution in [1.82, 2.24) is 19.5 Å². The number of rotatable bonds is 6. The predicted octanol–water partition coefficient (Wildman–Crippen LogP) is 11.9. The molecule has 0 radical (unpaired) electrons. The second kappa shape index (κ2) is 12.2. The first-order valence-electron chi connectivity index (χ1n) is 17.0. The quantitative estimate of drug-likeness (QED) is 0.196. The lowest BCUT2D eigenvalue weighted by molar-refractivity contribution is 1.10. The second-order valence-corrected chi connectivity index (χ2v) is 12.8. The summed E-state index contributed by atoms with van der Waals surface area (Å²) in [4.78, 5) is 14.1. The number of pyridine rings is 1. The van der Waals surface area contributed by atoms with Gasteiger partial charge in [-0.3, -0.25) is 9.55 Å². The van der Waals surface area contributed by atoms with Crippen molar-refractivity contribution in [2.45, 2.75) is 13.8 Å². The van der Waals surface area contributed by atoms with E-state index in [1.165, 1.54) is 22.2 Å². The molecule has 3 aromatic heterocycles. The number of aromatic nitrogens is 4. The molecule has 0 amide bonds. The minimum atomic E-state index is 0.905. The van der Waals surface area contributed by atoms with Crippen LogP contribution < -0.4 is 0 Å². The van der Waals surface area contributed by atoms with Crippen LogP contribution in [0, 0.1) is 13.8 Å². The zero-order valence-corrected chi connectivity index (χ0v) is 27.9. The molecule has 1 N–H and O–H groups in total. The van der Waals surface area contributed by atoms with E-state index in [0.29, 0.717) is 0 Å². The average molecular weight is 643 g/mol. The van der Waals surface area contributed by atoms with Crippen LogP contribution >= 0.6 is 0 Å². The number of fused-ring (bicyclic) bond motifs is 2. The van der Waals surface area contributed by atoms with Crippen molar-refractivity contribution < 1.29 is 0 Å². The number of benzene rings is 6. The Morgan fingerprint density at radius 2 is 1.16 bits per heavy atom. The molecule has 0 fully saturated rings. The fourth-order valence-corrected chi connectivity index (χ4v) is 7.15. The maximum absolute atomic E-state index is 5.51. The van der Waals surface area contributed by atoms with Gasteiger partial charge in [0.2, 0.25) is 0 Å². The Balaban J connectivity index is 1.30. The summed E-state index contributed by atoms with van der Waals surface area (Å²) in [5, 5.41) is 1.22. The van der Waals surface area contributed by atoms with Crippen LogP contribution in [0.3, 0.4) is 0 Å². The lowest BCUT2D eigenvalue weighted by Gasteiger charge is -2.13. The zero-order valence-electron chi connectivity index (χ0n) is 27.9. The molecule has 9 rings (SSSR count). The molecule has 0 atom stereocenters. The molecule has 0 bridgehead atoms. The van der Waals surface area contributed by atoms with E-state index in [4.69, 9.17) is 9.97 Å². The lowest BCUT2D eigenvalue weighted by atomic mass is 9.93. The van der Waals surface area contributed by atoms with Crippen molar-refractivity contribution in [2.75, 3.05) is 0 Å². The summed E-state index contributed by atoms with van der Waals surface area (Å²) in [6.07, 6.45) is 1.91. The molecule has 4 heteroatoms. The molecule has 0 aliphatic carbocycles. The number of imidazole rings is 1. The molecule has 0 aliphatic heterocycles. The van der Waals surface area contributed by atoms with Gasteiger partial charge in [-0.05, 0) is 102 Å². The van der Waals surface area contributed by atoms with Crippen LogP contribution in [-0.2, 0) is 0 Å². The monoisotopic (exact) mass is 642 g/mol. The van der Waals surface area contributed by atoms with E-state index in [1.54, 1.807) is 0 Å². The van der Waals surface area contributed by atoms with Crippen molar-refractivity contribution in [1.29, 1.82) is 0 Å². The summed E-state index contributed by atoms with van der Waals surface area (Å²) < 4.78 is 2.30. The minimum Gasteiger partial charge on any atom is -0.358 e. The van der Waals surface area contributed by atoms with E-state index in [2.05, 4.69) is 175 Å². The van der Waals surface area contributed by atoms with Crippen LogP contribution in [-0.4, -0.2) is 19.5 Å². The SMILES string of the molecule is Cc1[nH]c2c(-c3nc4c(-c5cc(-c6ccccc6)cc(-c6cc(-c7ccccc7)ccn6)c5)cccc4n3-c3ccccc3)cccc2c1C. The van der Waals surface area contributed by atoms with Gasteiger partial charge >= 0.3 is 0 Å². The summed E-state index contributed by atoms with van der Waals surface area (Å²) in [6, 6.07) is 55.7. The van der Waals surface area contributed by atoms with Gasteiger partial charge in [0.25, 0.3) is 0 Å². The van der Waals surface area contributed by atoms with Gasteiger partial charge in [0, 0.05) is 39.7 Å². The highest BCUT2D eigenvalue weighted by atomic mass is 15.1. The summed E-state index contributed by atoms with van der Waals surface area (Å²) in [7, 11) is 0. The topological polar surface area (TPSA) is 46.5 Å². The van der Waals surface area contributed by atoms with Crippen LogP contribution in [0.5, 0.6) is 0 Å². The summed E-state index contributed by atoms with van der Waals surface area (Å²) in [5.74, 6) is 0.905. The van der Waals surface area contributed by atoms with Crippen LogP contribution in [0.1, 0.15) is 11.3 Å². The first-order chi connectivity index (χ1) is 24.6. The standard InChI is InChI=1S/C46H34N4/c1-30-31(2)48-44-39(30)20-12-22-41(44)46-49-45-40(21-13-23-43(45)50(46)38-18-10-5-11-19-38)36-26-35(33-16-8-4-9-17-33)27-37(28-36)42-29-34(24-25-47-42)32-14-6-3-7-15-32/h3-29,48H,1-2H3. The Labute approximate surface area is 291 Å². The highest BCUT2D eigenvalue weighted by Crippen LogP contribution is 2.40. The number of H-pyrrole nitrogens is 1. The number of nitrogens with zero attached hydrogens (tertiary/aromatic N) is 3. The Hall–Kier alpha value is -6.52. The van der Waals surface area contributed by atoms with Crippen molar-refractivity contribution in [3.63, 3.8) is 0 Å². The van der Waals surface area contributed by atoms with Gasteiger partial charge in [-0.15, -0.1) is 0 Å². The van der Waals surface area contributed by atoms with E-state index in [-0.39, 0.29) is 0 Å². The van der Waals surface area contributed by atoms with Crippen LogP contribution in [0.2, 0.25) is 0 Å². The molecule has 50 heavy (non-hydrogen) atoms. The van der Waals surface area contributed by atoms with Crippen molar-refractivity contribution in [3.05, 3.63) is 175 Å². The summed E-state index contributed by atoms with van der Waals surface area (Å²) in [5.41, 5.74) is 16.4. The van der Waals surface area contributed by atoms with Crippen LogP contribution in [0.4, 0.5) is 0 Å². The predicted molar refractivity (Wildman–Crippen MR) is 207 cm³/mol. The molecule has 4 nitrogen and oxygen atoms in total. The Morgan fingerprint density at radius 3 is 1.92 bits per heavy atom. The Kier molecular flexibility index (Phi) is 7.21. The Bertz CT molecular complexity index is 2650. The first kappa shape index (κ1) is 29.6. The smallest absolute Gasteiger partial charge is 0.147 e. The van der Waals surface area contributed by atoms with Crippen molar-refractivity contribution >= 4 is 21.9 Å². The maximum atomic E-state index is 5.51. The minimum absolute atomic E-state index is 0.905.